The smallest absolute Gasteiger partial charge is 0.218 e. The molecule has 0 atom stereocenters. The summed E-state index contributed by atoms with van der Waals surface area (Å²) in [6, 6.07) is 20.4. The summed E-state index contributed by atoms with van der Waals surface area (Å²) in [5.74, 6) is 1.71. The van der Waals surface area contributed by atoms with Gasteiger partial charge in [-0.1, -0.05) is 36.4 Å². The molecule has 2 heterocycles. The van der Waals surface area contributed by atoms with Gasteiger partial charge in [-0.15, -0.1) is 0 Å². The van der Waals surface area contributed by atoms with Crippen LogP contribution >= 0.6 is 0 Å². The van der Waals surface area contributed by atoms with Crippen molar-refractivity contribution in [3.8, 4) is 11.6 Å². The van der Waals surface area contributed by atoms with Gasteiger partial charge >= 0.3 is 0 Å². The predicted octanol–water partition coefficient (Wildman–Crippen LogP) is 3.90. The van der Waals surface area contributed by atoms with Crippen LogP contribution in [0.25, 0.3) is 10.9 Å². The Morgan fingerprint density at radius 2 is 1.88 bits per heavy atom. The molecular formula is C21H22N2O2. The molecule has 0 unspecified atom stereocenters. The summed E-state index contributed by atoms with van der Waals surface area (Å²) in [5.41, 5.74) is 2.16. The summed E-state index contributed by atoms with van der Waals surface area (Å²) in [4.78, 5) is 7.09. The topological polar surface area (TPSA) is 34.6 Å². The molecule has 25 heavy (non-hydrogen) atoms. The van der Waals surface area contributed by atoms with Gasteiger partial charge in [-0.2, -0.15) is 0 Å². The van der Waals surface area contributed by atoms with E-state index in [1.807, 2.05) is 48.5 Å². The van der Waals surface area contributed by atoms with E-state index in [0.29, 0.717) is 6.61 Å². The molecule has 0 saturated carbocycles. The van der Waals surface area contributed by atoms with Crippen LogP contribution in [-0.2, 0) is 6.54 Å². The Morgan fingerprint density at radius 1 is 1.04 bits per heavy atom. The fraction of sp³-hybridized carbons (Fsp3) is 0.286. The van der Waals surface area contributed by atoms with E-state index in [9.17, 15) is 0 Å². The zero-order valence-electron chi connectivity index (χ0n) is 14.2. The fourth-order valence-electron chi connectivity index (χ4n) is 3.16. The number of hydrogen-bond donors (Lipinski definition) is 0. The van der Waals surface area contributed by atoms with Crippen LogP contribution in [0.15, 0.2) is 60.7 Å². The molecule has 0 fully saturated rings. The van der Waals surface area contributed by atoms with Gasteiger partial charge in [-0.3, -0.25) is 4.90 Å². The van der Waals surface area contributed by atoms with E-state index in [2.05, 4.69) is 22.0 Å². The molecule has 128 valence electrons. The van der Waals surface area contributed by atoms with Gasteiger partial charge in [-0.05, 0) is 30.7 Å². The minimum Gasteiger partial charge on any atom is -0.494 e. The highest BCUT2D eigenvalue weighted by Crippen LogP contribution is 2.25. The van der Waals surface area contributed by atoms with Crippen LogP contribution in [-0.4, -0.2) is 36.2 Å². The van der Waals surface area contributed by atoms with Gasteiger partial charge in [0.2, 0.25) is 5.88 Å². The number of para-hydroxylation sites is 2. The molecule has 4 heteroatoms. The molecule has 4 nitrogen and oxygen atoms in total. The maximum Gasteiger partial charge on any atom is 0.218 e. The number of nitrogens with zero attached hydrogens (tertiary/aromatic N) is 2. The third-order valence-corrected chi connectivity index (χ3v) is 4.43. The van der Waals surface area contributed by atoms with Crippen molar-refractivity contribution in [2.45, 2.75) is 13.0 Å². The van der Waals surface area contributed by atoms with Crippen molar-refractivity contribution >= 4 is 10.9 Å². The third-order valence-electron chi connectivity index (χ3n) is 4.43. The van der Waals surface area contributed by atoms with Crippen LogP contribution in [0.3, 0.4) is 0 Å². The number of fused-ring (bicyclic) bond motifs is 2. The molecular weight excluding hydrogens is 312 g/mol. The largest absolute Gasteiger partial charge is 0.494 e. The average Bonchev–Trinajstić information content (AvgIpc) is 2.85. The number of ether oxygens (including phenoxy) is 2. The quantitative estimate of drug-likeness (QED) is 0.663. The molecule has 1 aliphatic rings. The molecule has 0 amide bonds. The van der Waals surface area contributed by atoms with Crippen LogP contribution < -0.4 is 9.47 Å². The standard InChI is InChI=1S/C21H22N2O2/c1-2-8-19(9-3-1)24-13-6-11-23-12-14-25-21-18(16-23)15-17-7-4-5-10-20(17)22-21/h1-5,7-10,15H,6,11-14,16H2. The van der Waals surface area contributed by atoms with Gasteiger partial charge in [0, 0.05) is 30.6 Å². The van der Waals surface area contributed by atoms with Crippen molar-refractivity contribution in [3.05, 3.63) is 66.2 Å². The molecule has 1 aromatic heterocycles. The first-order valence-corrected chi connectivity index (χ1v) is 8.80. The predicted molar refractivity (Wildman–Crippen MR) is 99.1 cm³/mol. The summed E-state index contributed by atoms with van der Waals surface area (Å²) in [6.07, 6.45) is 0.991. The highest BCUT2D eigenvalue weighted by atomic mass is 16.5. The second kappa shape index (κ2) is 7.53. The van der Waals surface area contributed by atoms with Gasteiger partial charge in [0.25, 0.3) is 0 Å². The Bertz CT molecular complexity index is 836. The first-order chi connectivity index (χ1) is 12.4. The number of rotatable bonds is 5. The fourth-order valence-corrected chi connectivity index (χ4v) is 3.16. The van der Waals surface area contributed by atoms with Gasteiger partial charge in [-0.25, -0.2) is 4.98 Å². The summed E-state index contributed by atoms with van der Waals surface area (Å²) in [6.45, 7) is 4.18. The summed E-state index contributed by atoms with van der Waals surface area (Å²) in [5, 5.41) is 1.17. The minimum absolute atomic E-state index is 0.678. The second-order valence-electron chi connectivity index (χ2n) is 6.29. The average molecular weight is 334 g/mol. The van der Waals surface area contributed by atoms with Crippen molar-refractivity contribution in [1.29, 1.82) is 0 Å². The highest BCUT2D eigenvalue weighted by molar-refractivity contribution is 5.80. The van der Waals surface area contributed by atoms with E-state index in [1.165, 1.54) is 10.9 Å². The van der Waals surface area contributed by atoms with E-state index in [-0.39, 0.29) is 0 Å². The summed E-state index contributed by atoms with van der Waals surface area (Å²) >= 11 is 0. The lowest BCUT2D eigenvalue weighted by molar-refractivity contribution is 0.204. The van der Waals surface area contributed by atoms with E-state index >= 15 is 0 Å². The molecule has 0 spiro atoms. The lowest BCUT2D eigenvalue weighted by Crippen LogP contribution is -2.27. The van der Waals surface area contributed by atoms with Crippen LogP contribution in [0.5, 0.6) is 11.6 Å². The van der Waals surface area contributed by atoms with Crippen LogP contribution in [0.2, 0.25) is 0 Å². The molecule has 2 aromatic carbocycles. The van der Waals surface area contributed by atoms with E-state index in [1.54, 1.807) is 0 Å². The minimum atomic E-state index is 0.678. The van der Waals surface area contributed by atoms with E-state index in [4.69, 9.17) is 9.47 Å². The second-order valence-corrected chi connectivity index (χ2v) is 6.29. The Balaban J connectivity index is 1.37. The molecule has 0 N–H and O–H groups in total. The van der Waals surface area contributed by atoms with E-state index < -0.39 is 0 Å². The first-order valence-electron chi connectivity index (χ1n) is 8.80. The van der Waals surface area contributed by atoms with Crippen LogP contribution in [0.1, 0.15) is 12.0 Å². The Morgan fingerprint density at radius 3 is 2.80 bits per heavy atom. The zero-order chi connectivity index (χ0) is 16.9. The number of pyridine rings is 1. The van der Waals surface area contributed by atoms with Crippen molar-refractivity contribution in [2.24, 2.45) is 0 Å². The SMILES string of the molecule is c1ccc(OCCCN2CCOc3nc4ccccc4cc3C2)cc1. The number of aromatic nitrogens is 1. The normalized spacial score (nSPS) is 14.6. The zero-order valence-corrected chi connectivity index (χ0v) is 14.2. The van der Waals surface area contributed by atoms with Gasteiger partial charge < -0.3 is 9.47 Å². The third kappa shape index (κ3) is 3.91. The molecule has 0 bridgehead atoms. The monoisotopic (exact) mass is 334 g/mol. The van der Waals surface area contributed by atoms with Crippen molar-refractivity contribution in [3.63, 3.8) is 0 Å². The van der Waals surface area contributed by atoms with Crippen LogP contribution in [0, 0.1) is 0 Å². The summed E-state index contributed by atoms with van der Waals surface area (Å²) in [7, 11) is 0. The Hall–Kier alpha value is -2.59. The van der Waals surface area contributed by atoms with Gasteiger partial charge in [0.05, 0.1) is 12.1 Å². The summed E-state index contributed by atoms with van der Waals surface area (Å²) < 4.78 is 11.7. The molecule has 0 aliphatic carbocycles. The maximum absolute atomic E-state index is 5.88. The van der Waals surface area contributed by atoms with Crippen molar-refractivity contribution in [1.82, 2.24) is 9.88 Å². The molecule has 1 aliphatic heterocycles. The van der Waals surface area contributed by atoms with E-state index in [0.717, 1.165) is 49.8 Å². The molecule has 0 saturated heterocycles. The van der Waals surface area contributed by atoms with Crippen molar-refractivity contribution in [2.75, 3.05) is 26.3 Å². The number of benzene rings is 2. The molecule has 4 rings (SSSR count). The van der Waals surface area contributed by atoms with Gasteiger partial charge in [0.15, 0.2) is 0 Å². The highest BCUT2D eigenvalue weighted by Gasteiger charge is 2.17. The Labute approximate surface area is 148 Å². The van der Waals surface area contributed by atoms with Crippen molar-refractivity contribution < 1.29 is 9.47 Å². The first kappa shape index (κ1) is 15.9. The van der Waals surface area contributed by atoms with Crippen LogP contribution in [0.4, 0.5) is 0 Å². The maximum atomic E-state index is 5.88. The number of hydrogen-bond acceptors (Lipinski definition) is 4. The lowest BCUT2D eigenvalue weighted by Gasteiger charge is -2.19. The lowest BCUT2D eigenvalue weighted by atomic mass is 10.1. The molecule has 3 aromatic rings. The van der Waals surface area contributed by atoms with Gasteiger partial charge in [0.1, 0.15) is 12.4 Å². The Kier molecular flexibility index (Phi) is 4.79. The molecule has 0 radical (unpaired) electrons.